The summed E-state index contributed by atoms with van der Waals surface area (Å²) < 4.78 is 4.82. The van der Waals surface area contributed by atoms with E-state index in [-0.39, 0.29) is 29.6 Å². The number of unbranched alkanes of at least 4 members (excludes halogenated alkanes) is 2. The van der Waals surface area contributed by atoms with Gasteiger partial charge in [0, 0.05) is 13.0 Å². The minimum atomic E-state index is -0.174. The third-order valence-electron chi connectivity index (χ3n) is 3.52. The molecule has 1 saturated heterocycles. The van der Waals surface area contributed by atoms with Gasteiger partial charge in [0.1, 0.15) is 0 Å². The first-order valence-electron chi connectivity index (χ1n) is 6.66. The topological polar surface area (TPSA) is 63.7 Å². The monoisotopic (exact) mass is 253 g/mol. The maximum Gasteiger partial charge on any atom is 0.305 e. The Kier molecular flexibility index (Phi) is 3.99. The van der Waals surface area contributed by atoms with E-state index in [4.69, 9.17) is 4.74 Å². The molecular formula is C13H19NO4. The maximum atomic E-state index is 11.6. The Hall–Kier alpha value is -1.39. The van der Waals surface area contributed by atoms with Crippen molar-refractivity contribution >= 4 is 17.8 Å². The van der Waals surface area contributed by atoms with Gasteiger partial charge in [-0.05, 0) is 26.2 Å². The minimum absolute atomic E-state index is 0.00275. The summed E-state index contributed by atoms with van der Waals surface area (Å²) >= 11 is 0. The first kappa shape index (κ1) is 13.1. The van der Waals surface area contributed by atoms with Crippen LogP contribution in [-0.2, 0) is 19.1 Å². The summed E-state index contributed by atoms with van der Waals surface area (Å²) in [7, 11) is 0. The SMILES string of the molecule is CCOC(=O)CCCCCN1C(=O)C2CC2C1=O. The summed E-state index contributed by atoms with van der Waals surface area (Å²) in [6, 6.07) is 0. The molecule has 0 aromatic heterocycles. The zero-order valence-electron chi connectivity index (χ0n) is 10.7. The van der Waals surface area contributed by atoms with Gasteiger partial charge in [0.2, 0.25) is 11.8 Å². The molecule has 5 nitrogen and oxygen atoms in total. The first-order chi connectivity index (χ1) is 8.65. The number of rotatable bonds is 7. The fourth-order valence-corrected chi connectivity index (χ4v) is 2.42. The van der Waals surface area contributed by atoms with Crippen molar-refractivity contribution in [1.29, 1.82) is 0 Å². The largest absolute Gasteiger partial charge is 0.466 e. The predicted molar refractivity (Wildman–Crippen MR) is 63.4 cm³/mol. The fourth-order valence-electron chi connectivity index (χ4n) is 2.42. The number of hydrogen-bond acceptors (Lipinski definition) is 4. The summed E-state index contributed by atoms with van der Waals surface area (Å²) in [5.74, 6) is -0.160. The lowest BCUT2D eigenvalue weighted by molar-refractivity contribution is -0.144. The Balaban J connectivity index is 1.57. The lowest BCUT2D eigenvalue weighted by Crippen LogP contribution is -2.33. The third kappa shape index (κ3) is 2.71. The quantitative estimate of drug-likeness (QED) is 0.387. The van der Waals surface area contributed by atoms with Gasteiger partial charge in [-0.3, -0.25) is 19.3 Å². The van der Waals surface area contributed by atoms with Crippen LogP contribution >= 0.6 is 0 Å². The second-order valence-corrected chi connectivity index (χ2v) is 4.89. The summed E-state index contributed by atoms with van der Waals surface area (Å²) in [5.41, 5.74) is 0. The predicted octanol–water partition coefficient (Wildman–Crippen LogP) is 1.11. The summed E-state index contributed by atoms with van der Waals surface area (Å²) in [5, 5.41) is 0. The molecule has 100 valence electrons. The molecule has 1 heterocycles. The molecule has 1 saturated carbocycles. The van der Waals surface area contributed by atoms with Crippen molar-refractivity contribution in [3.05, 3.63) is 0 Å². The van der Waals surface area contributed by atoms with E-state index < -0.39 is 0 Å². The zero-order valence-corrected chi connectivity index (χ0v) is 10.7. The summed E-state index contributed by atoms with van der Waals surface area (Å²) in [6.07, 6.45) is 3.54. The molecule has 2 fully saturated rings. The van der Waals surface area contributed by atoms with Crippen LogP contribution in [0.5, 0.6) is 0 Å². The highest BCUT2D eigenvalue weighted by Gasteiger charge is 2.58. The number of hydrogen-bond donors (Lipinski definition) is 0. The van der Waals surface area contributed by atoms with Gasteiger partial charge in [-0.1, -0.05) is 6.42 Å². The van der Waals surface area contributed by atoms with E-state index >= 15 is 0 Å². The highest BCUT2D eigenvalue weighted by Crippen LogP contribution is 2.46. The molecule has 0 spiro atoms. The van der Waals surface area contributed by atoms with Crippen LogP contribution in [-0.4, -0.2) is 35.8 Å². The van der Waals surface area contributed by atoms with Crippen molar-refractivity contribution in [3.8, 4) is 0 Å². The minimum Gasteiger partial charge on any atom is -0.466 e. The molecule has 0 aromatic rings. The molecule has 0 N–H and O–H groups in total. The van der Waals surface area contributed by atoms with Gasteiger partial charge in [-0.15, -0.1) is 0 Å². The number of imide groups is 1. The van der Waals surface area contributed by atoms with Crippen LogP contribution in [0.15, 0.2) is 0 Å². The van der Waals surface area contributed by atoms with Crippen LogP contribution in [0.25, 0.3) is 0 Å². The Bertz CT molecular complexity index is 346. The Labute approximate surface area is 106 Å². The first-order valence-corrected chi connectivity index (χ1v) is 6.66. The number of piperidine rings is 1. The average molecular weight is 253 g/mol. The molecule has 2 unspecified atom stereocenters. The molecule has 2 atom stereocenters. The van der Waals surface area contributed by atoms with Gasteiger partial charge >= 0.3 is 5.97 Å². The lowest BCUT2D eigenvalue weighted by Gasteiger charge is -2.15. The Morgan fingerprint density at radius 3 is 2.50 bits per heavy atom. The highest BCUT2D eigenvalue weighted by atomic mass is 16.5. The molecule has 18 heavy (non-hydrogen) atoms. The number of esters is 1. The van der Waals surface area contributed by atoms with E-state index in [1.54, 1.807) is 6.92 Å². The highest BCUT2D eigenvalue weighted by molar-refractivity contribution is 6.08. The van der Waals surface area contributed by atoms with Gasteiger partial charge in [-0.25, -0.2) is 0 Å². The van der Waals surface area contributed by atoms with Crippen LogP contribution < -0.4 is 0 Å². The van der Waals surface area contributed by atoms with E-state index in [0.717, 1.165) is 25.7 Å². The van der Waals surface area contributed by atoms with Crippen molar-refractivity contribution in [1.82, 2.24) is 4.90 Å². The third-order valence-corrected chi connectivity index (χ3v) is 3.52. The Morgan fingerprint density at radius 2 is 1.89 bits per heavy atom. The van der Waals surface area contributed by atoms with Crippen LogP contribution in [0.2, 0.25) is 0 Å². The average Bonchev–Trinajstić information content (AvgIpc) is 3.08. The van der Waals surface area contributed by atoms with Gasteiger partial charge in [0.15, 0.2) is 0 Å². The smallest absolute Gasteiger partial charge is 0.305 e. The zero-order chi connectivity index (χ0) is 13.1. The van der Waals surface area contributed by atoms with E-state index in [0.29, 0.717) is 19.6 Å². The van der Waals surface area contributed by atoms with E-state index in [9.17, 15) is 14.4 Å². The second-order valence-electron chi connectivity index (χ2n) is 4.89. The van der Waals surface area contributed by atoms with E-state index in [1.807, 2.05) is 0 Å². The van der Waals surface area contributed by atoms with Gasteiger partial charge < -0.3 is 4.74 Å². The van der Waals surface area contributed by atoms with Crippen LogP contribution in [0.1, 0.15) is 39.0 Å². The molecular weight excluding hydrogens is 234 g/mol. The number of likely N-dealkylation sites (tertiary alicyclic amines) is 1. The molecule has 2 aliphatic rings. The van der Waals surface area contributed by atoms with Crippen molar-refractivity contribution in [2.45, 2.75) is 39.0 Å². The van der Waals surface area contributed by atoms with Crippen molar-refractivity contribution < 1.29 is 19.1 Å². The van der Waals surface area contributed by atoms with Gasteiger partial charge in [-0.2, -0.15) is 0 Å². The van der Waals surface area contributed by atoms with Crippen molar-refractivity contribution in [3.63, 3.8) is 0 Å². The fraction of sp³-hybridized carbons (Fsp3) is 0.769. The molecule has 0 aromatic carbocycles. The van der Waals surface area contributed by atoms with E-state index in [2.05, 4.69) is 0 Å². The molecule has 0 radical (unpaired) electrons. The summed E-state index contributed by atoms with van der Waals surface area (Å²) in [4.78, 5) is 35.8. The molecule has 2 rings (SSSR count). The molecule has 5 heteroatoms. The van der Waals surface area contributed by atoms with Gasteiger partial charge in [0.05, 0.1) is 18.4 Å². The van der Waals surface area contributed by atoms with Crippen LogP contribution in [0.3, 0.4) is 0 Å². The molecule has 0 bridgehead atoms. The summed E-state index contributed by atoms with van der Waals surface area (Å²) in [6.45, 7) is 2.71. The second kappa shape index (κ2) is 5.50. The Morgan fingerprint density at radius 1 is 1.22 bits per heavy atom. The van der Waals surface area contributed by atoms with Crippen molar-refractivity contribution in [2.24, 2.45) is 11.8 Å². The number of carbonyl (C=O) groups is 3. The van der Waals surface area contributed by atoms with Crippen molar-refractivity contribution in [2.75, 3.05) is 13.2 Å². The number of nitrogens with zero attached hydrogens (tertiary/aromatic N) is 1. The van der Waals surface area contributed by atoms with Gasteiger partial charge in [0.25, 0.3) is 0 Å². The van der Waals surface area contributed by atoms with E-state index in [1.165, 1.54) is 4.90 Å². The van der Waals surface area contributed by atoms with Crippen LogP contribution in [0.4, 0.5) is 0 Å². The number of carbonyl (C=O) groups excluding carboxylic acids is 3. The normalized spacial score (nSPS) is 25.3. The molecule has 2 amide bonds. The number of amides is 2. The number of ether oxygens (including phenoxy) is 1. The standard InChI is InChI=1S/C13H19NO4/c1-2-18-11(15)6-4-3-5-7-14-12(16)9-8-10(9)13(14)17/h9-10H,2-8H2,1H3. The lowest BCUT2D eigenvalue weighted by atomic mass is 10.2. The molecule has 1 aliphatic heterocycles. The van der Waals surface area contributed by atoms with Crippen LogP contribution in [0, 0.1) is 11.8 Å². The number of fused-ring (bicyclic) bond motifs is 1. The maximum absolute atomic E-state index is 11.6. The molecule has 1 aliphatic carbocycles.